The maximum atomic E-state index is 13.1. The molecule has 0 spiro atoms. The summed E-state index contributed by atoms with van der Waals surface area (Å²) in [6.07, 6.45) is 0. The molecule has 4 nitrogen and oxygen atoms in total. The average molecular weight is 326 g/mol. The number of phenols is 2. The minimum atomic E-state index is -0.608. The Kier molecular flexibility index (Phi) is 3.71. The second-order valence-corrected chi connectivity index (χ2v) is 4.63. The molecule has 2 rings (SSSR count). The molecule has 3 N–H and O–H groups in total. The van der Waals surface area contributed by atoms with Gasteiger partial charge in [0.15, 0.2) is 0 Å². The lowest BCUT2D eigenvalue weighted by Crippen LogP contribution is -2.12. The normalized spacial score (nSPS) is 10.2. The van der Waals surface area contributed by atoms with Crippen molar-refractivity contribution in [2.75, 3.05) is 5.32 Å². The zero-order chi connectivity index (χ0) is 14.0. The van der Waals surface area contributed by atoms with E-state index in [1.54, 1.807) is 0 Å². The Labute approximate surface area is 116 Å². The van der Waals surface area contributed by atoms with Crippen molar-refractivity contribution in [1.29, 1.82) is 0 Å². The van der Waals surface area contributed by atoms with Crippen LogP contribution in [0.4, 0.5) is 10.1 Å². The lowest BCUT2D eigenvalue weighted by molar-refractivity contribution is 0.102. The largest absolute Gasteiger partial charge is 0.508 e. The molecule has 2 aromatic carbocycles. The van der Waals surface area contributed by atoms with Crippen molar-refractivity contribution in [3.63, 3.8) is 0 Å². The molecule has 6 heteroatoms. The number of hydrogen-bond donors (Lipinski definition) is 3. The summed E-state index contributed by atoms with van der Waals surface area (Å²) in [6.45, 7) is 0. The van der Waals surface area contributed by atoms with Crippen molar-refractivity contribution in [3.05, 3.63) is 52.3 Å². The lowest BCUT2D eigenvalue weighted by Gasteiger charge is -2.09. The van der Waals surface area contributed by atoms with Crippen LogP contribution in [-0.4, -0.2) is 16.1 Å². The van der Waals surface area contributed by atoms with Crippen LogP contribution in [0.5, 0.6) is 11.5 Å². The van der Waals surface area contributed by atoms with Crippen LogP contribution in [0.3, 0.4) is 0 Å². The number of carbonyl (C=O) groups is 1. The monoisotopic (exact) mass is 325 g/mol. The predicted octanol–water partition coefficient (Wildman–Crippen LogP) is 3.25. The Hall–Kier alpha value is -2.08. The van der Waals surface area contributed by atoms with E-state index in [-0.39, 0.29) is 22.7 Å². The standard InChI is InChI=1S/C13H9BrFNO3/c14-10-4-1-7(15)5-11(10)16-13(19)9-3-2-8(17)6-12(9)18/h1-6,17-18H,(H,16,19). The summed E-state index contributed by atoms with van der Waals surface area (Å²) in [7, 11) is 0. The van der Waals surface area contributed by atoms with Crippen molar-refractivity contribution in [2.45, 2.75) is 0 Å². The first-order valence-electron chi connectivity index (χ1n) is 5.26. The van der Waals surface area contributed by atoms with Crippen LogP contribution in [0.25, 0.3) is 0 Å². The summed E-state index contributed by atoms with van der Waals surface area (Å²) < 4.78 is 13.6. The number of benzene rings is 2. The summed E-state index contributed by atoms with van der Waals surface area (Å²) in [5.74, 6) is -1.61. The highest BCUT2D eigenvalue weighted by Gasteiger charge is 2.13. The predicted molar refractivity (Wildman–Crippen MR) is 71.8 cm³/mol. The van der Waals surface area contributed by atoms with Gasteiger partial charge in [-0.25, -0.2) is 4.39 Å². The van der Waals surface area contributed by atoms with Crippen molar-refractivity contribution >= 4 is 27.5 Å². The zero-order valence-electron chi connectivity index (χ0n) is 9.52. The van der Waals surface area contributed by atoms with E-state index in [9.17, 15) is 14.3 Å². The summed E-state index contributed by atoms with van der Waals surface area (Å²) >= 11 is 3.18. The van der Waals surface area contributed by atoms with E-state index in [0.29, 0.717) is 4.47 Å². The molecule has 0 saturated heterocycles. The van der Waals surface area contributed by atoms with Crippen LogP contribution in [0, 0.1) is 5.82 Å². The third-order valence-electron chi connectivity index (χ3n) is 2.40. The van der Waals surface area contributed by atoms with Gasteiger partial charge in [-0.05, 0) is 46.3 Å². The minimum Gasteiger partial charge on any atom is -0.508 e. The van der Waals surface area contributed by atoms with Crippen molar-refractivity contribution < 1.29 is 19.4 Å². The van der Waals surface area contributed by atoms with Crippen LogP contribution in [0.2, 0.25) is 0 Å². The Balaban J connectivity index is 2.28. The molecule has 0 heterocycles. The van der Waals surface area contributed by atoms with E-state index < -0.39 is 11.7 Å². The van der Waals surface area contributed by atoms with Gasteiger partial charge in [0.05, 0.1) is 11.3 Å². The molecule has 0 bridgehead atoms. The van der Waals surface area contributed by atoms with Crippen molar-refractivity contribution in [1.82, 2.24) is 0 Å². The first-order valence-corrected chi connectivity index (χ1v) is 6.05. The summed E-state index contributed by atoms with van der Waals surface area (Å²) in [5, 5.41) is 21.2. The number of anilines is 1. The molecular weight excluding hydrogens is 317 g/mol. The molecule has 1 amide bonds. The third-order valence-corrected chi connectivity index (χ3v) is 3.09. The van der Waals surface area contributed by atoms with Crippen LogP contribution in [0.15, 0.2) is 40.9 Å². The highest BCUT2D eigenvalue weighted by Crippen LogP contribution is 2.26. The molecule has 0 unspecified atom stereocenters. The molecule has 98 valence electrons. The number of rotatable bonds is 2. The van der Waals surface area contributed by atoms with Crippen LogP contribution < -0.4 is 5.32 Å². The second-order valence-electron chi connectivity index (χ2n) is 3.78. The molecule has 0 atom stereocenters. The second kappa shape index (κ2) is 5.27. The molecule has 0 aromatic heterocycles. The summed E-state index contributed by atoms with van der Waals surface area (Å²) in [5.41, 5.74) is 0.228. The highest BCUT2D eigenvalue weighted by molar-refractivity contribution is 9.10. The topological polar surface area (TPSA) is 69.6 Å². The fraction of sp³-hybridized carbons (Fsp3) is 0. The quantitative estimate of drug-likeness (QED) is 0.793. The SMILES string of the molecule is O=C(Nc1cc(F)ccc1Br)c1ccc(O)cc1O. The Bertz CT molecular complexity index is 646. The first kappa shape index (κ1) is 13.4. The highest BCUT2D eigenvalue weighted by atomic mass is 79.9. The summed E-state index contributed by atoms with van der Waals surface area (Å²) in [6, 6.07) is 7.46. The number of nitrogens with one attached hydrogen (secondary N) is 1. The Morgan fingerprint density at radius 1 is 1.16 bits per heavy atom. The van der Waals surface area contributed by atoms with E-state index >= 15 is 0 Å². The fourth-order valence-electron chi connectivity index (χ4n) is 1.49. The number of phenolic OH excluding ortho intramolecular Hbond substituents is 2. The maximum absolute atomic E-state index is 13.1. The fourth-order valence-corrected chi connectivity index (χ4v) is 1.84. The van der Waals surface area contributed by atoms with Crippen LogP contribution in [-0.2, 0) is 0 Å². The number of halogens is 2. The zero-order valence-corrected chi connectivity index (χ0v) is 11.1. The number of amides is 1. The third kappa shape index (κ3) is 3.03. The van der Waals surface area contributed by atoms with Gasteiger partial charge in [0, 0.05) is 10.5 Å². The van der Waals surface area contributed by atoms with Gasteiger partial charge >= 0.3 is 0 Å². The molecule has 0 fully saturated rings. The van der Waals surface area contributed by atoms with Crippen LogP contribution in [0.1, 0.15) is 10.4 Å². The molecule has 0 radical (unpaired) electrons. The molecule has 2 aromatic rings. The van der Waals surface area contributed by atoms with Crippen LogP contribution >= 0.6 is 15.9 Å². The van der Waals surface area contributed by atoms with Gasteiger partial charge < -0.3 is 15.5 Å². The Morgan fingerprint density at radius 2 is 1.89 bits per heavy atom. The van der Waals surface area contributed by atoms with Gasteiger partial charge in [-0.1, -0.05) is 0 Å². The molecule has 0 aliphatic heterocycles. The van der Waals surface area contributed by atoms with Gasteiger partial charge in [-0.3, -0.25) is 4.79 Å². The van der Waals surface area contributed by atoms with Gasteiger partial charge in [0.25, 0.3) is 5.91 Å². The van der Waals surface area contributed by atoms with E-state index in [1.165, 1.54) is 24.3 Å². The molecular formula is C13H9BrFNO3. The summed E-state index contributed by atoms with van der Waals surface area (Å²) in [4.78, 5) is 11.9. The van der Waals surface area contributed by atoms with Gasteiger partial charge in [0.1, 0.15) is 17.3 Å². The van der Waals surface area contributed by atoms with E-state index in [4.69, 9.17) is 5.11 Å². The van der Waals surface area contributed by atoms with E-state index in [0.717, 1.165) is 12.1 Å². The minimum absolute atomic E-state index is 0.0195. The number of carbonyl (C=O) groups excluding carboxylic acids is 1. The van der Waals surface area contributed by atoms with E-state index in [2.05, 4.69) is 21.2 Å². The van der Waals surface area contributed by atoms with Gasteiger partial charge in [-0.2, -0.15) is 0 Å². The van der Waals surface area contributed by atoms with Gasteiger partial charge in [-0.15, -0.1) is 0 Å². The first-order chi connectivity index (χ1) is 8.97. The molecule has 19 heavy (non-hydrogen) atoms. The van der Waals surface area contributed by atoms with Gasteiger partial charge in [0.2, 0.25) is 0 Å². The number of aromatic hydroxyl groups is 2. The van der Waals surface area contributed by atoms with Crippen molar-refractivity contribution in [3.8, 4) is 11.5 Å². The molecule has 0 saturated carbocycles. The van der Waals surface area contributed by atoms with Crippen molar-refractivity contribution in [2.24, 2.45) is 0 Å². The average Bonchev–Trinajstić information content (AvgIpc) is 2.33. The number of hydrogen-bond acceptors (Lipinski definition) is 3. The lowest BCUT2D eigenvalue weighted by atomic mass is 10.1. The van der Waals surface area contributed by atoms with E-state index in [1.807, 2.05) is 0 Å². The molecule has 0 aliphatic rings. The maximum Gasteiger partial charge on any atom is 0.259 e. The Morgan fingerprint density at radius 3 is 2.58 bits per heavy atom. The molecule has 0 aliphatic carbocycles. The smallest absolute Gasteiger partial charge is 0.259 e.